The van der Waals surface area contributed by atoms with E-state index in [9.17, 15) is 15.0 Å². The van der Waals surface area contributed by atoms with Gasteiger partial charge in [-0.05, 0) is 46.0 Å². The molecule has 1 saturated heterocycles. The number of aliphatic hydroxyl groups is 2. The van der Waals surface area contributed by atoms with Crippen molar-refractivity contribution in [2.45, 2.75) is 13.3 Å². The lowest BCUT2D eigenvalue weighted by Crippen LogP contribution is -2.29. The van der Waals surface area contributed by atoms with E-state index in [2.05, 4.69) is 37.3 Å². The summed E-state index contributed by atoms with van der Waals surface area (Å²) in [6.07, 6.45) is 0.968. The van der Waals surface area contributed by atoms with Gasteiger partial charge in [0.05, 0.1) is 0 Å². The highest BCUT2D eigenvalue weighted by molar-refractivity contribution is 6.03. The van der Waals surface area contributed by atoms with Gasteiger partial charge in [0.15, 0.2) is 0 Å². The van der Waals surface area contributed by atoms with Gasteiger partial charge in [-0.25, -0.2) is 0 Å². The fourth-order valence-corrected chi connectivity index (χ4v) is 4.44. The summed E-state index contributed by atoms with van der Waals surface area (Å²) in [5.74, 6) is -0.149. The summed E-state index contributed by atoms with van der Waals surface area (Å²) in [4.78, 5) is 14.8. The molecule has 0 unspecified atom stereocenters. The van der Waals surface area contributed by atoms with Crippen molar-refractivity contribution in [2.75, 3.05) is 26.3 Å². The number of carbonyl (C=O) groups excluding carboxylic acids is 1. The molecule has 1 amide bonds. The highest BCUT2D eigenvalue weighted by atomic mass is 16.3. The van der Waals surface area contributed by atoms with E-state index in [0.29, 0.717) is 18.7 Å². The predicted octanol–water partition coefficient (Wildman–Crippen LogP) is 3.74. The van der Waals surface area contributed by atoms with Crippen molar-refractivity contribution in [1.82, 2.24) is 4.90 Å². The maximum atomic E-state index is 13.0. The van der Waals surface area contributed by atoms with Gasteiger partial charge in [0.25, 0.3) is 5.91 Å². The Kier molecular flexibility index (Phi) is 5.65. The standard InChI is InChI=1S/C25H27NO3/c1-2-17-6-3-4-8-22(17)24-9-5-7-18-12-19(10-11-23(18)24)25(29)26-13-20(15-27)21(14-26)16-28/h3-12,20-21,27-28H,2,13-16H2,1H3/t20-,21-/m0/s1. The molecule has 0 spiro atoms. The first kappa shape index (κ1) is 19.6. The number of hydrogen-bond acceptors (Lipinski definition) is 3. The maximum absolute atomic E-state index is 13.0. The zero-order chi connectivity index (χ0) is 20.4. The molecule has 4 rings (SSSR count). The Morgan fingerprint density at radius 3 is 2.31 bits per heavy atom. The Morgan fingerprint density at radius 1 is 0.931 bits per heavy atom. The second-order valence-electron chi connectivity index (χ2n) is 7.85. The molecule has 3 aromatic rings. The summed E-state index contributed by atoms with van der Waals surface area (Å²) in [6, 6.07) is 20.5. The largest absolute Gasteiger partial charge is 0.396 e. The topological polar surface area (TPSA) is 60.8 Å². The molecule has 1 fully saturated rings. The zero-order valence-corrected chi connectivity index (χ0v) is 16.7. The molecule has 3 aromatic carbocycles. The van der Waals surface area contributed by atoms with E-state index in [1.165, 1.54) is 16.7 Å². The molecular weight excluding hydrogens is 362 g/mol. The van der Waals surface area contributed by atoms with Crippen LogP contribution >= 0.6 is 0 Å². The van der Waals surface area contributed by atoms with Crippen LogP contribution in [-0.2, 0) is 6.42 Å². The minimum atomic E-state index is -0.0541. The number of likely N-dealkylation sites (tertiary alicyclic amines) is 1. The molecule has 29 heavy (non-hydrogen) atoms. The number of carbonyl (C=O) groups is 1. The second-order valence-corrected chi connectivity index (χ2v) is 7.85. The summed E-state index contributed by atoms with van der Waals surface area (Å²) in [5.41, 5.74) is 4.37. The van der Waals surface area contributed by atoms with E-state index in [-0.39, 0.29) is 31.0 Å². The molecule has 0 aliphatic carbocycles. The Bertz CT molecular complexity index is 1020. The van der Waals surface area contributed by atoms with Crippen molar-refractivity contribution in [3.05, 3.63) is 71.8 Å². The van der Waals surface area contributed by atoms with Crippen LogP contribution in [-0.4, -0.2) is 47.3 Å². The third-order valence-electron chi connectivity index (χ3n) is 6.15. The lowest BCUT2D eigenvalue weighted by molar-refractivity contribution is 0.0778. The second kappa shape index (κ2) is 8.36. The van der Waals surface area contributed by atoms with Gasteiger partial charge in [0.2, 0.25) is 0 Å². The minimum Gasteiger partial charge on any atom is -0.396 e. The molecule has 1 aliphatic rings. The molecule has 2 atom stereocenters. The fourth-order valence-electron chi connectivity index (χ4n) is 4.44. The molecule has 4 nitrogen and oxygen atoms in total. The molecule has 4 heteroatoms. The monoisotopic (exact) mass is 389 g/mol. The first-order chi connectivity index (χ1) is 14.2. The molecule has 0 bridgehead atoms. The quantitative estimate of drug-likeness (QED) is 0.699. The summed E-state index contributed by atoms with van der Waals surface area (Å²) >= 11 is 0. The zero-order valence-electron chi connectivity index (χ0n) is 16.7. The van der Waals surface area contributed by atoms with Crippen LogP contribution in [0.15, 0.2) is 60.7 Å². The summed E-state index contributed by atoms with van der Waals surface area (Å²) in [5, 5.41) is 21.2. The smallest absolute Gasteiger partial charge is 0.253 e. The van der Waals surface area contributed by atoms with Gasteiger partial charge in [-0.2, -0.15) is 0 Å². The van der Waals surface area contributed by atoms with Crippen LogP contribution in [0.25, 0.3) is 21.9 Å². The SMILES string of the molecule is CCc1ccccc1-c1cccc2cc(C(=O)N3C[C@@H](CO)[C@H](CO)C3)ccc12. The number of fused-ring (bicyclic) bond motifs is 1. The Labute approximate surface area is 171 Å². The van der Waals surface area contributed by atoms with Crippen LogP contribution < -0.4 is 0 Å². The van der Waals surface area contributed by atoms with Crippen LogP contribution in [0.1, 0.15) is 22.8 Å². The van der Waals surface area contributed by atoms with Gasteiger partial charge < -0.3 is 15.1 Å². The highest BCUT2D eigenvalue weighted by Gasteiger charge is 2.34. The average molecular weight is 389 g/mol. The van der Waals surface area contributed by atoms with Crippen molar-refractivity contribution in [1.29, 1.82) is 0 Å². The van der Waals surface area contributed by atoms with Crippen LogP contribution in [0.5, 0.6) is 0 Å². The van der Waals surface area contributed by atoms with E-state index in [4.69, 9.17) is 0 Å². The predicted molar refractivity (Wildman–Crippen MR) is 116 cm³/mol. The van der Waals surface area contributed by atoms with Gasteiger partial charge in [-0.3, -0.25) is 4.79 Å². The molecular formula is C25H27NO3. The van der Waals surface area contributed by atoms with Gasteiger partial charge in [-0.15, -0.1) is 0 Å². The van der Waals surface area contributed by atoms with Crippen molar-refractivity contribution < 1.29 is 15.0 Å². The van der Waals surface area contributed by atoms with Crippen LogP contribution in [0.3, 0.4) is 0 Å². The van der Waals surface area contributed by atoms with E-state index in [1.807, 2.05) is 30.3 Å². The lowest BCUT2D eigenvalue weighted by atomic mass is 9.93. The van der Waals surface area contributed by atoms with Gasteiger partial charge in [0.1, 0.15) is 0 Å². The number of benzene rings is 3. The molecule has 2 N–H and O–H groups in total. The van der Waals surface area contributed by atoms with Gasteiger partial charge in [-0.1, -0.05) is 55.5 Å². The fraction of sp³-hybridized carbons (Fsp3) is 0.320. The van der Waals surface area contributed by atoms with E-state index < -0.39 is 0 Å². The van der Waals surface area contributed by atoms with E-state index >= 15 is 0 Å². The van der Waals surface area contributed by atoms with E-state index in [0.717, 1.165) is 17.2 Å². The van der Waals surface area contributed by atoms with Crippen LogP contribution in [0.4, 0.5) is 0 Å². The Hall–Kier alpha value is -2.69. The average Bonchev–Trinajstić information content (AvgIpc) is 3.21. The van der Waals surface area contributed by atoms with Crippen molar-refractivity contribution in [3.63, 3.8) is 0 Å². The normalized spacial score (nSPS) is 19.1. The first-order valence-corrected chi connectivity index (χ1v) is 10.3. The Morgan fingerprint density at radius 2 is 1.62 bits per heavy atom. The number of aliphatic hydroxyl groups excluding tert-OH is 2. The first-order valence-electron chi connectivity index (χ1n) is 10.3. The molecule has 1 heterocycles. The van der Waals surface area contributed by atoms with Crippen LogP contribution in [0, 0.1) is 11.8 Å². The lowest BCUT2D eigenvalue weighted by Gasteiger charge is -2.17. The number of rotatable bonds is 5. The number of nitrogens with zero attached hydrogens (tertiary/aromatic N) is 1. The Balaban J connectivity index is 1.68. The van der Waals surface area contributed by atoms with Crippen LogP contribution in [0.2, 0.25) is 0 Å². The van der Waals surface area contributed by atoms with Crippen molar-refractivity contribution in [3.8, 4) is 11.1 Å². The maximum Gasteiger partial charge on any atom is 0.253 e. The third-order valence-corrected chi connectivity index (χ3v) is 6.15. The summed E-state index contributed by atoms with van der Waals surface area (Å²) in [6.45, 7) is 3.13. The van der Waals surface area contributed by atoms with Crippen molar-refractivity contribution in [2.24, 2.45) is 11.8 Å². The molecule has 0 saturated carbocycles. The third kappa shape index (κ3) is 3.66. The summed E-state index contributed by atoms with van der Waals surface area (Å²) in [7, 11) is 0. The molecule has 150 valence electrons. The number of amides is 1. The highest BCUT2D eigenvalue weighted by Crippen LogP contribution is 2.32. The number of hydrogen-bond donors (Lipinski definition) is 2. The van der Waals surface area contributed by atoms with Crippen molar-refractivity contribution >= 4 is 16.7 Å². The molecule has 1 aliphatic heterocycles. The molecule has 0 aromatic heterocycles. The van der Waals surface area contributed by atoms with Gasteiger partial charge in [0, 0.05) is 43.7 Å². The van der Waals surface area contributed by atoms with Gasteiger partial charge >= 0.3 is 0 Å². The number of aryl methyl sites for hydroxylation is 1. The molecule has 0 radical (unpaired) electrons. The van der Waals surface area contributed by atoms with E-state index in [1.54, 1.807) is 4.90 Å². The summed E-state index contributed by atoms with van der Waals surface area (Å²) < 4.78 is 0. The minimum absolute atomic E-state index is 0.00702.